The Morgan fingerprint density at radius 1 is 1.11 bits per heavy atom. The molecular formula is CH12N4O4. The van der Waals surface area contributed by atoms with Gasteiger partial charge in [0.1, 0.15) is 0 Å². The molecule has 0 fully saturated rings. The minimum absolute atomic E-state index is 0. The molecule has 0 atom stereocenters. The highest BCUT2D eigenvalue weighted by Gasteiger charge is 1.70. The Morgan fingerprint density at radius 2 is 1.11 bits per heavy atom. The van der Waals surface area contributed by atoms with Crippen LogP contribution in [0.5, 0.6) is 0 Å². The van der Waals surface area contributed by atoms with Gasteiger partial charge in [0, 0.05) is 0 Å². The Balaban J connectivity index is -0.0000000221. The molecule has 0 aliphatic carbocycles. The second kappa shape index (κ2) is 60.8. The first kappa shape index (κ1) is 24.4. The van der Waals surface area contributed by atoms with E-state index in [1.165, 1.54) is 0 Å². The van der Waals surface area contributed by atoms with E-state index >= 15 is 0 Å². The van der Waals surface area contributed by atoms with Crippen LogP contribution in [0.4, 0.5) is 4.79 Å². The summed E-state index contributed by atoms with van der Waals surface area (Å²) >= 11 is 0. The van der Waals surface area contributed by atoms with Crippen molar-refractivity contribution in [2.75, 3.05) is 0 Å². The predicted octanol–water partition coefficient (Wildman–Crippen LogP) is -1.46. The molecule has 0 radical (unpaired) electrons. The van der Waals surface area contributed by atoms with Gasteiger partial charge < -0.3 is 21.6 Å². The summed E-state index contributed by atoms with van der Waals surface area (Å²) < 4.78 is 0. The summed E-state index contributed by atoms with van der Waals surface area (Å²) in [6.45, 7) is 0. The molecule has 0 aromatic carbocycles. The second-order valence-electron chi connectivity index (χ2n) is 0.283. The van der Waals surface area contributed by atoms with E-state index in [1.54, 1.807) is 0 Å². The molecule has 0 heterocycles. The molecule has 8 heteroatoms. The van der Waals surface area contributed by atoms with E-state index in [4.69, 9.17) is 20.2 Å². The molecule has 0 aliphatic heterocycles. The Labute approximate surface area is 51.4 Å². The molecular weight excluding hydrogens is 132 g/mol. The van der Waals surface area contributed by atoms with Crippen LogP contribution in [0.2, 0.25) is 0 Å². The van der Waals surface area contributed by atoms with Crippen molar-refractivity contribution in [1.82, 2.24) is 6.15 Å². The lowest BCUT2D eigenvalue weighted by atomic mass is 11.5. The van der Waals surface area contributed by atoms with Crippen molar-refractivity contribution >= 4 is 6.16 Å². The lowest BCUT2D eigenvalue weighted by Gasteiger charge is -1.60. The van der Waals surface area contributed by atoms with E-state index in [2.05, 4.69) is 17.6 Å². The van der Waals surface area contributed by atoms with Crippen molar-refractivity contribution in [2.45, 2.75) is 0 Å². The monoisotopic (exact) mass is 144 g/mol. The predicted molar refractivity (Wildman–Crippen MR) is 30.0 cm³/mol. The summed E-state index contributed by atoms with van der Waals surface area (Å²) in [6, 6.07) is 0. The quantitative estimate of drug-likeness (QED) is 0.158. The summed E-state index contributed by atoms with van der Waals surface area (Å²) in [5, 5.41) is 20.4. The minimum Gasteiger partial charge on any atom is -0.450 e. The molecule has 0 unspecified atom stereocenters. The lowest BCUT2D eigenvalue weighted by Crippen LogP contribution is -2.02. The normalized spacial score (nSPS) is 4.00. The molecule has 0 aromatic rings. The molecule has 0 saturated heterocycles. The number of rotatable bonds is 0. The van der Waals surface area contributed by atoms with Crippen LogP contribution in [-0.2, 0) is 0 Å². The highest BCUT2D eigenvalue weighted by Crippen LogP contribution is 1.42. The van der Waals surface area contributed by atoms with Gasteiger partial charge in [-0.1, -0.05) is 0 Å². The maximum atomic E-state index is 8.56. The van der Waals surface area contributed by atoms with Crippen LogP contribution >= 0.6 is 0 Å². The number of nitrogens with two attached hydrogens (primary N) is 3. The summed E-state index contributed by atoms with van der Waals surface area (Å²) in [7, 11) is 0. The van der Waals surface area contributed by atoms with Crippen LogP contribution in [0.25, 0.3) is 0 Å². The van der Waals surface area contributed by atoms with E-state index in [9.17, 15) is 0 Å². The van der Waals surface area contributed by atoms with Crippen molar-refractivity contribution in [2.24, 2.45) is 17.6 Å². The van der Waals surface area contributed by atoms with E-state index < -0.39 is 6.16 Å². The summed E-state index contributed by atoms with van der Waals surface area (Å²) in [5.41, 5.74) is 0. The minimum atomic E-state index is -1.83. The third-order valence-electron chi connectivity index (χ3n) is 0. The lowest BCUT2D eigenvalue weighted by molar-refractivity contribution is 0.137. The number of hydrazine groups is 1. The SMILES string of the molecule is N.NN.NO.O=C(O)O. The van der Waals surface area contributed by atoms with Gasteiger partial charge in [0.15, 0.2) is 0 Å². The smallest absolute Gasteiger partial charge is 0.450 e. The van der Waals surface area contributed by atoms with Gasteiger partial charge in [-0.05, 0) is 0 Å². The number of carbonyl (C=O) groups is 1. The maximum Gasteiger partial charge on any atom is 0.503 e. The average Bonchev–Trinajstić information content (AvgIpc) is 1.75. The third kappa shape index (κ3) is 210. The molecule has 8 nitrogen and oxygen atoms in total. The van der Waals surface area contributed by atoms with Crippen LogP contribution in [0, 0.1) is 0 Å². The second-order valence-corrected chi connectivity index (χ2v) is 0.283. The van der Waals surface area contributed by atoms with Crippen molar-refractivity contribution in [3.63, 3.8) is 0 Å². The largest absolute Gasteiger partial charge is 0.503 e. The van der Waals surface area contributed by atoms with Crippen LogP contribution in [0.3, 0.4) is 0 Å². The van der Waals surface area contributed by atoms with Crippen molar-refractivity contribution in [1.29, 1.82) is 0 Å². The van der Waals surface area contributed by atoms with Gasteiger partial charge in [-0.2, -0.15) is 0 Å². The summed E-state index contributed by atoms with van der Waals surface area (Å²) in [4.78, 5) is 8.56. The fraction of sp³-hybridized carbons (Fsp3) is 0. The van der Waals surface area contributed by atoms with Gasteiger partial charge in [-0.15, -0.1) is 0 Å². The molecule has 0 aliphatic rings. The van der Waals surface area contributed by atoms with Crippen LogP contribution in [0.1, 0.15) is 0 Å². The van der Waals surface area contributed by atoms with Crippen LogP contribution < -0.4 is 23.7 Å². The highest BCUT2D eigenvalue weighted by molar-refractivity contribution is 5.53. The molecule has 0 spiro atoms. The first-order valence-electron chi connectivity index (χ1n) is 1.24. The maximum absolute atomic E-state index is 8.56. The Bertz CT molecular complexity index is 35.5. The molecule has 0 rings (SSSR count). The number of hydrogen-bond acceptors (Lipinski definition) is 6. The molecule has 60 valence electrons. The van der Waals surface area contributed by atoms with E-state index in [0.717, 1.165) is 0 Å². The molecule has 0 amide bonds. The van der Waals surface area contributed by atoms with E-state index in [0.29, 0.717) is 0 Å². The van der Waals surface area contributed by atoms with Gasteiger partial charge in [0.25, 0.3) is 0 Å². The topological polar surface area (TPSA) is 191 Å². The Kier molecular flexibility index (Phi) is 164. The van der Waals surface area contributed by atoms with Gasteiger partial charge in [0.05, 0.1) is 0 Å². The first-order valence-corrected chi connectivity index (χ1v) is 1.24. The highest BCUT2D eigenvalue weighted by atomic mass is 16.6. The van der Waals surface area contributed by atoms with E-state index in [1.807, 2.05) is 0 Å². The van der Waals surface area contributed by atoms with E-state index in [-0.39, 0.29) is 6.15 Å². The van der Waals surface area contributed by atoms with Gasteiger partial charge in [-0.3, -0.25) is 11.7 Å². The fourth-order valence-electron chi connectivity index (χ4n) is 0. The average molecular weight is 144 g/mol. The standard InChI is InChI=1S/CH2O3.H4N2.H3NO.H3N/c2-1(3)4;2*1-2;/h(H2,2,3,4);1-2H2;2H,1H2;1H3. The van der Waals surface area contributed by atoms with Gasteiger partial charge >= 0.3 is 6.16 Å². The number of hydrogen-bond donors (Lipinski definition) is 7. The van der Waals surface area contributed by atoms with Crippen LogP contribution in [0.15, 0.2) is 0 Å². The summed E-state index contributed by atoms with van der Waals surface area (Å²) in [6.07, 6.45) is -1.83. The van der Waals surface area contributed by atoms with Crippen LogP contribution in [-0.4, -0.2) is 21.6 Å². The molecule has 9 heavy (non-hydrogen) atoms. The van der Waals surface area contributed by atoms with Gasteiger partial charge in [0.2, 0.25) is 0 Å². The zero-order chi connectivity index (χ0) is 7.58. The molecule has 0 bridgehead atoms. The molecule has 0 saturated carbocycles. The Morgan fingerprint density at radius 3 is 1.11 bits per heavy atom. The van der Waals surface area contributed by atoms with Crippen molar-refractivity contribution in [3.05, 3.63) is 0 Å². The summed E-state index contributed by atoms with van der Waals surface area (Å²) in [5.74, 6) is 11.5. The van der Waals surface area contributed by atoms with Gasteiger partial charge in [-0.25, -0.2) is 10.7 Å². The zero-order valence-electron chi connectivity index (χ0n) is 4.69. The van der Waals surface area contributed by atoms with Crippen molar-refractivity contribution in [3.8, 4) is 0 Å². The third-order valence-corrected chi connectivity index (χ3v) is 0. The Hall–Kier alpha value is -0.930. The molecule has 12 N–H and O–H groups in total. The molecule has 0 aromatic heterocycles. The fourth-order valence-corrected chi connectivity index (χ4v) is 0. The number of carboxylic acid groups (broad SMARTS) is 2. The van der Waals surface area contributed by atoms with Crippen molar-refractivity contribution < 1.29 is 20.2 Å². The first-order chi connectivity index (χ1) is 3.73. The zero-order valence-corrected chi connectivity index (χ0v) is 4.69.